The quantitative estimate of drug-likeness (QED) is 0.302. The van der Waals surface area contributed by atoms with Gasteiger partial charge in [-0.1, -0.05) is 30.3 Å². The molecule has 2 aromatic carbocycles. The minimum atomic E-state index is -4.86. The fourth-order valence-electron chi connectivity index (χ4n) is 4.38. The van der Waals surface area contributed by atoms with Crippen molar-refractivity contribution in [2.75, 3.05) is 5.32 Å². The number of hydrogen-bond acceptors (Lipinski definition) is 5. The summed E-state index contributed by atoms with van der Waals surface area (Å²) < 4.78 is 91.5. The van der Waals surface area contributed by atoms with Gasteiger partial charge in [0, 0.05) is 29.5 Å². The van der Waals surface area contributed by atoms with Gasteiger partial charge in [0.15, 0.2) is 0 Å². The van der Waals surface area contributed by atoms with Crippen LogP contribution >= 0.6 is 0 Å². The highest BCUT2D eigenvalue weighted by molar-refractivity contribution is 6.20. The average Bonchev–Trinajstić information content (AvgIpc) is 3.00. The smallest absolute Gasteiger partial charge is 0.389 e. The summed E-state index contributed by atoms with van der Waals surface area (Å²) >= 11 is 0. The lowest BCUT2D eigenvalue weighted by atomic mass is 9.84. The molecule has 0 saturated heterocycles. The molecule has 3 rings (SSSR count). The Kier molecular flexibility index (Phi) is 9.73. The topological polar surface area (TPSA) is 128 Å². The molecule has 0 fully saturated rings. The van der Waals surface area contributed by atoms with Crippen LogP contribution in [0.4, 0.5) is 36.4 Å². The van der Waals surface area contributed by atoms with Gasteiger partial charge in [-0.05, 0) is 25.0 Å². The highest BCUT2D eigenvalue weighted by atomic mass is 19.4. The summed E-state index contributed by atoms with van der Waals surface area (Å²) in [6, 6.07) is 9.31. The molecule has 0 saturated carbocycles. The monoisotopic (exact) mass is 591 g/mol. The van der Waals surface area contributed by atoms with Crippen LogP contribution in [0.5, 0.6) is 0 Å². The number of nitrogens with one attached hydrogen (secondary N) is 2. The molecule has 3 atom stereocenters. The summed E-state index contributed by atoms with van der Waals surface area (Å²) in [5.74, 6) is -9.40. The van der Waals surface area contributed by atoms with Gasteiger partial charge >= 0.3 is 18.3 Å². The number of halogens is 7. The van der Waals surface area contributed by atoms with Crippen LogP contribution in [-0.2, 0) is 21.0 Å². The van der Waals surface area contributed by atoms with Crippen molar-refractivity contribution in [3.63, 3.8) is 0 Å². The number of aliphatic hydroxyl groups is 1. The molecule has 4 N–H and O–H groups in total. The van der Waals surface area contributed by atoms with E-state index in [0.717, 1.165) is 12.1 Å². The fourth-order valence-corrected chi connectivity index (χ4v) is 4.38. The first-order valence-corrected chi connectivity index (χ1v) is 12.1. The molecule has 8 nitrogen and oxygen atoms in total. The lowest BCUT2D eigenvalue weighted by Gasteiger charge is -2.25. The molecular weight excluding hydrogens is 567 g/mol. The van der Waals surface area contributed by atoms with Crippen molar-refractivity contribution in [2.45, 2.75) is 50.8 Å². The zero-order valence-corrected chi connectivity index (χ0v) is 21.0. The van der Waals surface area contributed by atoms with Crippen molar-refractivity contribution in [1.82, 2.24) is 5.32 Å². The Labute approximate surface area is 228 Å². The third-order valence-corrected chi connectivity index (χ3v) is 6.33. The molecule has 0 bridgehead atoms. The lowest BCUT2D eigenvalue weighted by molar-refractivity contribution is -0.159. The number of carboxylic acid groups (broad SMARTS) is 1. The number of alkyl halides is 6. The van der Waals surface area contributed by atoms with Crippen molar-refractivity contribution in [1.29, 1.82) is 0 Å². The van der Waals surface area contributed by atoms with E-state index in [-0.39, 0.29) is 28.1 Å². The third kappa shape index (κ3) is 8.49. The maximum Gasteiger partial charge on any atom is 0.389 e. The summed E-state index contributed by atoms with van der Waals surface area (Å²) in [5.41, 5.74) is 0.473. The van der Waals surface area contributed by atoms with E-state index in [9.17, 15) is 55.3 Å². The van der Waals surface area contributed by atoms with Gasteiger partial charge in [0.2, 0.25) is 12.1 Å². The summed E-state index contributed by atoms with van der Waals surface area (Å²) in [7, 11) is 0. The number of hydrogen-bond donors (Lipinski definition) is 4. The Morgan fingerprint density at radius 3 is 2.15 bits per heavy atom. The van der Waals surface area contributed by atoms with E-state index in [1.807, 2.05) is 0 Å². The number of nitrogens with zero attached hydrogens (tertiary/aromatic N) is 1. The predicted molar refractivity (Wildman–Crippen MR) is 130 cm³/mol. The van der Waals surface area contributed by atoms with Gasteiger partial charge in [0.25, 0.3) is 5.91 Å². The molecular formula is C26H24F7N3O5. The molecule has 3 unspecified atom stereocenters. The number of aliphatic carboxylic acids is 1. The number of benzodiazepines with no additional fused rings is 1. The van der Waals surface area contributed by atoms with Crippen LogP contribution in [0.2, 0.25) is 0 Å². The molecule has 15 heteroatoms. The van der Waals surface area contributed by atoms with Crippen LogP contribution in [-0.4, -0.2) is 52.2 Å². The maximum absolute atomic E-state index is 14.1. The second-order valence-electron chi connectivity index (χ2n) is 9.25. The van der Waals surface area contributed by atoms with E-state index in [2.05, 4.69) is 15.6 Å². The highest BCUT2D eigenvalue weighted by Crippen LogP contribution is 2.33. The Balaban J connectivity index is 2.04. The number of aliphatic imine (C=N–C) groups is 1. The number of rotatable bonds is 10. The van der Waals surface area contributed by atoms with E-state index in [1.165, 1.54) is 30.3 Å². The SMILES string of the molecule is O=C1Nc2c(CO)cccc2C(c2cccc(F)c2)=NC1NC(=O)C(CCC(F)(F)F)C(CCC(F)(F)F)C(=O)O. The number of carboxylic acids is 1. The van der Waals surface area contributed by atoms with Crippen LogP contribution in [0.15, 0.2) is 47.5 Å². The number of amides is 2. The molecule has 2 amide bonds. The highest BCUT2D eigenvalue weighted by Gasteiger charge is 2.41. The van der Waals surface area contributed by atoms with E-state index in [1.54, 1.807) is 0 Å². The number of fused-ring (bicyclic) bond motifs is 1. The third-order valence-electron chi connectivity index (χ3n) is 6.33. The molecule has 222 valence electrons. The molecule has 0 spiro atoms. The summed E-state index contributed by atoms with van der Waals surface area (Å²) in [5, 5.41) is 23.8. The van der Waals surface area contributed by atoms with Crippen molar-refractivity contribution < 1.29 is 55.3 Å². The Bertz CT molecular complexity index is 1330. The van der Waals surface area contributed by atoms with Gasteiger partial charge < -0.3 is 20.8 Å². The first-order valence-electron chi connectivity index (χ1n) is 12.1. The standard InChI is InChI=1S/C26H24F7N3O5/c27-15-5-1-3-13(11-15)19-18-6-2-4-14(12-37)20(18)35-23(39)21(34-19)36-22(38)16(7-9-25(28,29)30)17(24(40)41)8-10-26(31,32)33/h1-6,11,16-17,21,37H,7-10,12H2,(H,35,39)(H,36,38)(H,40,41). The number of para-hydroxylation sites is 1. The predicted octanol–water partition coefficient (Wildman–Crippen LogP) is 4.55. The normalized spacial score (nSPS) is 17.0. The summed E-state index contributed by atoms with van der Waals surface area (Å²) in [6.45, 7) is -0.560. The van der Waals surface area contributed by atoms with Crippen molar-refractivity contribution in [3.8, 4) is 0 Å². The van der Waals surface area contributed by atoms with Crippen LogP contribution < -0.4 is 10.6 Å². The number of carbonyl (C=O) groups is 3. The molecule has 0 radical (unpaired) electrons. The Hall–Kier alpha value is -4.01. The number of carbonyl (C=O) groups excluding carboxylic acids is 2. The van der Waals surface area contributed by atoms with Crippen molar-refractivity contribution in [3.05, 3.63) is 65.0 Å². The second kappa shape index (κ2) is 12.7. The zero-order chi connectivity index (χ0) is 30.5. The van der Waals surface area contributed by atoms with Crippen LogP contribution in [0, 0.1) is 17.7 Å². The molecule has 2 aromatic rings. The molecule has 41 heavy (non-hydrogen) atoms. The fraction of sp³-hybridized carbons (Fsp3) is 0.385. The zero-order valence-electron chi connectivity index (χ0n) is 21.0. The summed E-state index contributed by atoms with van der Waals surface area (Å²) in [4.78, 5) is 42.2. The average molecular weight is 591 g/mol. The molecule has 1 aliphatic rings. The largest absolute Gasteiger partial charge is 0.481 e. The number of aliphatic hydroxyl groups excluding tert-OH is 1. The van der Waals surface area contributed by atoms with E-state index in [4.69, 9.17) is 0 Å². The van der Waals surface area contributed by atoms with E-state index < -0.39 is 86.2 Å². The number of anilines is 1. The minimum Gasteiger partial charge on any atom is -0.481 e. The van der Waals surface area contributed by atoms with Crippen molar-refractivity contribution in [2.24, 2.45) is 16.8 Å². The van der Waals surface area contributed by atoms with Gasteiger partial charge in [-0.3, -0.25) is 14.4 Å². The van der Waals surface area contributed by atoms with Gasteiger partial charge in [0.1, 0.15) is 5.82 Å². The first-order chi connectivity index (χ1) is 19.1. The first kappa shape index (κ1) is 31.5. The Morgan fingerprint density at radius 2 is 1.59 bits per heavy atom. The molecule has 1 aliphatic heterocycles. The van der Waals surface area contributed by atoms with Gasteiger partial charge in [-0.2, -0.15) is 26.3 Å². The van der Waals surface area contributed by atoms with Crippen LogP contribution in [0.3, 0.4) is 0 Å². The van der Waals surface area contributed by atoms with Gasteiger partial charge in [-0.15, -0.1) is 0 Å². The number of benzene rings is 2. The molecule has 1 heterocycles. The van der Waals surface area contributed by atoms with Crippen LogP contribution in [0.1, 0.15) is 42.4 Å². The lowest BCUT2D eigenvalue weighted by Crippen LogP contribution is -2.47. The second-order valence-corrected chi connectivity index (χ2v) is 9.25. The summed E-state index contributed by atoms with van der Waals surface area (Å²) in [6.07, 6.45) is -17.3. The Morgan fingerprint density at radius 1 is 0.976 bits per heavy atom. The van der Waals surface area contributed by atoms with Crippen LogP contribution in [0.25, 0.3) is 0 Å². The molecule has 0 aliphatic carbocycles. The van der Waals surface area contributed by atoms with Crippen molar-refractivity contribution >= 4 is 29.2 Å². The van der Waals surface area contributed by atoms with E-state index in [0.29, 0.717) is 0 Å². The van der Waals surface area contributed by atoms with E-state index >= 15 is 0 Å². The van der Waals surface area contributed by atoms with Gasteiger partial charge in [-0.25, -0.2) is 9.38 Å². The van der Waals surface area contributed by atoms with Gasteiger partial charge in [0.05, 0.1) is 29.8 Å². The minimum absolute atomic E-state index is 0.0435. The molecule has 0 aromatic heterocycles. The maximum atomic E-state index is 14.1.